The number of amides is 1. The first-order chi connectivity index (χ1) is 10.8. The van der Waals surface area contributed by atoms with E-state index in [0.717, 1.165) is 4.47 Å². The number of anilines is 1. The number of carbonyl (C=O) groups excluding carboxylic acids is 1. The van der Waals surface area contributed by atoms with Crippen molar-refractivity contribution in [2.75, 3.05) is 5.32 Å². The summed E-state index contributed by atoms with van der Waals surface area (Å²) in [5.74, 6) is -0.302. The molecule has 0 spiro atoms. The fourth-order valence-electron chi connectivity index (χ4n) is 1.93. The zero-order valence-electron chi connectivity index (χ0n) is 12.7. The third kappa shape index (κ3) is 4.89. The van der Waals surface area contributed by atoms with E-state index in [0.29, 0.717) is 11.3 Å². The van der Waals surface area contributed by atoms with E-state index in [1.807, 2.05) is 12.1 Å². The maximum atomic E-state index is 12.2. The van der Waals surface area contributed by atoms with E-state index >= 15 is 0 Å². The van der Waals surface area contributed by atoms with E-state index in [1.165, 1.54) is 24.3 Å². The molecule has 0 radical (unpaired) electrons. The number of nitrogens with one attached hydrogen (secondary N) is 2. The van der Waals surface area contributed by atoms with Crippen LogP contribution in [-0.2, 0) is 10.0 Å². The molecule has 2 aromatic carbocycles. The van der Waals surface area contributed by atoms with Crippen molar-refractivity contribution >= 4 is 37.5 Å². The number of hydrogen-bond donors (Lipinski definition) is 2. The quantitative estimate of drug-likeness (QED) is 0.812. The minimum atomic E-state index is -3.55. The molecule has 2 aromatic rings. The van der Waals surface area contributed by atoms with Gasteiger partial charge >= 0.3 is 0 Å². The van der Waals surface area contributed by atoms with Gasteiger partial charge in [-0.05, 0) is 56.3 Å². The highest BCUT2D eigenvalue weighted by Crippen LogP contribution is 2.17. The molecule has 0 unspecified atom stereocenters. The Hall–Kier alpha value is -1.70. The average molecular weight is 397 g/mol. The number of halogens is 1. The van der Waals surface area contributed by atoms with Gasteiger partial charge in [-0.1, -0.05) is 22.0 Å². The monoisotopic (exact) mass is 396 g/mol. The number of hydrogen-bond acceptors (Lipinski definition) is 3. The predicted octanol–water partition coefficient (Wildman–Crippen LogP) is 3.39. The summed E-state index contributed by atoms with van der Waals surface area (Å²) in [7, 11) is -3.55. The van der Waals surface area contributed by atoms with Gasteiger partial charge in [0.15, 0.2) is 0 Å². The molecular formula is C16H17BrN2O3S. The fourth-order valence-corrected chi connectivity index (χ4v) is 3.58. The molecule has 2 rings (SSSR count). The van der Waals surface area contributed by atoms with Crippen LogP contribution in [0.1, 0.15) is 24.2 Å². The van der Waals surface area contributed by atoms with Crippen LogP contribution in [0.2, 0.25) is 0 Å². The summed E-state index contributed by atoms with van der Waals surface area (Å²) in [6.07, 6.45) is 0. The van der Waals surface area contributed by atoms with Gasteiger partial charge in [-0.25, -0.2) is 13.1 Å². The molecule has 7 heteroatoms. The first-order valence-corrected chi connectivity index (χ1v) is 9.25. The van der Waals surface area contributed by atoms with E-state index in [1.54, 1.807) is 26.0 Å². The maximum Gasteiger partial charge on any atom is 0.255 e. The Morgan fingerprint density at radius 1 is 1.09 bits per heavy atom. The highest BCUT2D eigenvalue weighted by Gasteiger charge is 2.16. The smallest absolute Gasteiger partial charge is 0.255 e. The second-order valence-electron chi connectivity index (χ2n) is 5.26. The largest absolute Gasteiger partial charge is 0.322 e. The average Bonchev–Trinajstić information content (AvgIpc) is 2.46. The molecule has 1 amide bonds. The zero-order valence-corrected chi connectivity index (χ0v) is 15.1. The van der Waals surface area contributed by atoms with Crippen LogP contribution in [-0.4, -0.2) is 20.4 Å². The van der Waals surface area contributed by atoms with Crippen molar-refractivity contribution in [1.29, 1.82) is 0 Å². The van der Waals surface area contributed by atoms with Gasteiger partial charge in [0, 0.05) is 21.8 Å². The molecule has 23 heavy (non-hydrogen) atoms. The molecule has 2 N–H and O–H groups in total. The van der Waals surface area contributed by atoms with Crippen molar-refractivity contribution < 1.29 is 13.2 Å². The summed E-state index contributed by atoms with van der Waals surface area (Å²) in [5, 5.41) is 2.76. The first-order valence-electron chi connectivity index (χ1n) is 6.97. The van der Waals surface area contributed by atoms with Crippen molar-refractivity contribution in [2.45, 2.75) is 24.8 Å². The number of carbonyl (C=O) groups is 1. The lowest BCUT2D eigenvalue weighted by atomic mass is 10.2. The minimum Gasteiger partial charge on any atom is -0.322 e. The van der Waals surface area contributed by atoms with Gasteiger partial charge in [0.1, 0.15) is 0 Å². The van der Waals surface area contributed by atoms with Gasteiger partial charge in [-0.3, -0.25) is 4.79 Å². The van der Waals surface area contributed by atoms with Crippen LogP contribution in [0.4, 0.5) is 5.69 Å². The highest BCUT2D eigenvalue weighted by molar-refractivity contribution is 9.10. The van der Waals surface area contributed by atoms with Crippen molar-refractivity contribution in [2.24, 2.45) is 0 Å². The van der Waals surface area contributed by atoms with Gasteiger partial charge in [-0.15, -0.1) is 0 Å². The Kier molecular flexibility index (Phi) is 5.56. The van der Waals surface area contributed by atoms with Crippen molar-refractivity contribution in [3.8, 4) is 0 Å². The van der Waals surface area contributed by atoms with Crippen LogP contribution >= 0.6 is 15.9 Å². The van der Waals surface area contributed by atoms with Crippen LogP contribution in [0.3, 0.4) is 0 Å². The van der Waals surface area contributed by atoms with E-state index in [9.17, 15) is 13.2 Å². The molecule has 0 aliphatic rings. The molecule has 0 heterocycles. The van der Waals surface area contributed by atoms with Crippen LogP contribution in [0.15, 0.2) is 57.9 Å². The summed E-state index contributed by atoms with van der Waals surface area (Å²) < 4.78 is 27.4. The lowest BCUT2D eigenvalue weighted by Crippen LogP contribution is -2.30. The van der Waals surface area contributed by atoms with Crippen molar-refractivity contribution in [3.05, 3.63) is 58.6 Å². The maximum absolute atomic E-state index is 12.2. The second kappa shape index (κ2) is 7.25. The minimum absolute atomic E-state index is 0.130. The fraction of sp³-hybridized carbons (Fsp3) is 0.188. The Morgan fingerprint density at radius 2 is 1.74 bits per heavy atom. The van der Waals surface area contributed by atoms with Crippen LogP contribution in [0.5, 0.6) is 0 Å². The normalized spacial score (nSPS) is 11.5. The van der Waals surface area contributed by atoms with E-state index in [2.05, 4.69) is 26.0 Å². The molecular weight excluding hydrogens is 380 g/mol. The third-order valence-electron chi connectivity index (χ3n) is 2.90. The predicted molar refractivity (Wildman–Crippen MR) is 94.0 cm³/mol. The lowest BCUT2D eigenvalue weighted by molar-refractivity contribution is 0.102. The molecule has 0 aliphatic carbocycles. The molecule has 0 saturated carbocycles. The van der Waals surface area contributed by atoms with Crippen LogP contribution in [0.25, 0.3) is 0 Å². The number of rotatable bonds is 5. The molecule has 0 aliphatic heterocycles. The molecule has 0 bridgehead atoms. The van der Waals surface area contributed by atoms with E-state index in [-0.39, 0.29) is 16.8 Å². The molecule has 0 saturated heterocycles. The third-order valence-corrected chi connectivity index (χ3v) is 5.07. The van der Waals surface area contributed by atoms with Gasteiger partial charge in [0.05, 0.1) is 4.90 Å². The van der Waals surface area contributed by atoms with E-state index < -0.39 is 10.0 Å². The number of sulfonamides is 1. The molecule has 5 nitrogen and oxygen atoms in total. The van der Waals surface area contributed by atoms with Crippen LogP contribution in [0, 0.1) is 0 Å². The zero-order chi connectivity index (χ0) is 17.0. The number of benzene rings is 2. The van der Waals surface area contributed by atoms with E-state index in [4.69, 9.17) is 0 Å². The Labute approximate surface area is 144 Å². The summed E-state index contributed by atoms with van der Waals surface area (Å²) in [5.41, 5.74) is 1.04. The standard InChI is InChI=1S/C16H17BrN2O3S/c1-11(2)19-23(21,22)15-8-6-12(7-9-15)16(20)18-14-5-3-4-13(17)10-14/h3-11,19H,1-2H3,(H,18,20). The second-order valence-corrected chi connectivity index (χ2v) is 7.89. The summed E-state index contributed by atoms with van der Waals surface area (Å²) >= 11 is 3.33. The Bertz CT molecular complexity index is 802. The molecule has 0 atom stereocenters. The van der Waals surface area contributed by atoms with Gasteiger partial charge in [0.25, 0.3) is 5.91 Å². The van der Waals surface area contributed by atoms with Gasteiger partial charge < -0.3 is 5.32 Å². The van der Waals surface area contributed by atoms with Gasteiger partial charge in [-0.2, -0.15) is 0 Å². The summed E-state index contributed by atoms with van der Waals surface area (Å²) in [4.78, 5) is 12.3. The molecule has 0 fully saturated rings. The van der Waals surface area contributed by atoms with Crippen LogP contribution < -0.4 is 10.0 Å². The lowest BCUT2D eigenvalue weighted by Gasteiger charge is -2.10. The molecule has 0 aromatic heterocycles. The first kappa shape index (κ1) is 17.7. The summed E-state index contributed by atoms with van der Waals surface area (Å²) in [6, 6.07) is 12.8. The Morgan fingerprint density at radius 3 is 2.30 bits per heavy atom. The van der Waals surface area contributed by atoms with Crippen molar-refractivity contribution in [1.82, 2.24) is 4.72 Å². The topological polar surface area (TPSA) is 75.3 Å². The SMILES string of the molecule is CC(C)NS(=O)(=O)c1ccc(C(=O)Nc2cccc(Br)c2)cc1. The molecule has 122 valence electrons. The Balaban J connectivity index is 2.14. The summed E-state index contributed by atoms with van der Waals surface area (Å²) in [6.45, 7) is 3.49. The van der Waals surface area contributed by atoms with Crippen molar-refractivity contribution in [3.63, 3.8) is 0 Å². The highest BCUT2D eigenvalue weighted by atomic mass is 79.9. The van der Waals surface area contributed by atoms with Gasteiger partial charge in [0.2, 0.25) is 10.0 Å².